The maximum atomic E-state index is 7.23. The molecule has 0 saturated heterocycles. The van der Waals surface area contributed by atoms with Crippen molar-refractivity contribution in [2.75, 3.05) is 0 Å². The van der Waals surface area contributed by atoms with Gasteiger partial charge in [0.15, 0.2) is 0 Å². The van der Waals surface area contributed by atoms with Crippen molar-refractivity contribution in [3.05, 3.63) is 132 Å². The summed E-state index contributed by atoms with van der Waals surface area (Å²) < 4.78 is 14.5. The van der Waals surface area contributed by atoms with E-state index in [0.717, 1.165) is 49.2 Å². The molecular formula is C54H23B14N2O2. The molecule has 12 aromatic rings. The van der Waals surface area contributed by atoms with E-state index in [-0.39, 0.29) is 93.4 Å². The van der Waals surface area contributed by atoms with E-state index in [9.17, 15) is 0 Å². The third kappa shape index (κ3) is 7.13. The summed E-state index contributed by atoms with van der Waals surface area (Å²) in [5.41, 5.74) is 9.54. The number of allylic oxidation sites excluding steroid dienone is 1. The third-order valence-electron chi connectivity index (χ3n) is 13.7. The van der Waals surface area contributed by atoms with E-state index >= 15 is 0 Å². The zero-order valence-electron chi connectivity index (χ0n) is 38.8. The summed E-state index contributed by atoms with van der Waals surface area (Å²) in [5, 5.41) is 4.94. The minimum Gasteiger partial charge on any atom is -0.0623 e. The Morgan fingerprint density at radius 2 is 0.931 bits per heavy atom. The Morgan fingerprint density at radius 3 is 1.56 bits per heavy atom. The summed E-state index contributed by atoms with van der Waals surface area (Å²) in [6, 6.07) is 38.6. The summed E-state index contributed by atoms with van der Waals surface area (Å²) in [6.45, 7) is 1.81. The van der Waals surface area contributed by atoms with Crippen LogP contribution in [0.25, 0.3) is 110 Å². The molecule has 0 aliphatic carbocycles. The first-order valence-corrected chi connectivity index (χ1v) is 22.6. The van der Waals surface area contributed by atoms with Crippen molar-refractivity contribution >= 4 is 251 Å². The summed E-state index contributed by atoms with van der Waals surface area (Å²) >= 11 is 0. The van der Waals surface area contributed by atoms with E-state index in [1.54, 1.807) is 0 Å². The zero-order valence-corrected chi connectivity index (χ0v) is 38.8. The van der Waals surface area contributed by atoms with Crippen LogP contribution in [0.3, 0.4) is 0 Å². The van der Waals surface area contributed by atoms with Crippen molar-refractivity contribution in [1.29, 1.82) is 0 Å². The number of rotatable bonds is 5. The molecule has 0 aliphatic heterocycles. The van der Waals surface area contributed by atoms with Gasteiger partial charge in [0.2, 0.25) is 0 Å². The van der Waals surface area contributed by atoms with Crippen LogP contribution in [0, 0.1) is 6.92 Å². The molecule has 1 N–H and O–H groups in total. The van der Waals surface area contributed by atoms with Gasteiger partial charge in [-0.25, -0.2) is 0 Å². The van der Waals surface area contributed by atoms with Gasteiger partial charge in [-0.1, -0.05) is 94.0 Å². The molecule has 12 rings (SSSR count). The van der Waals surface area contributed by atoms with Crippen molar-refractivity contribution in [2.24, 2.45) is 0 Å². The Hall–Kier alpha value is -6.78. The number of benzene rings is 8. The maximum absolute atomic E-state index is 7.23. The molecule has 8 aromatic carbocycles. The molecule has 0 atom stereocenters. The number of para-hydroxylation sites is 1. The fourth-order valence-electron chi connectivity index (χ4n) is 10.0. The first-order valence-electron chi connectivity index (χ1n) is 22.6. The van der Waals surface area contributed by atoms with E-state index in [1.807, 2.05) is 90.4 Å². The maximum Gasteiger partial charge on any atom is -0.0623 e. The van der Waals surface area contributed by atoms with Crippen LogP contribution >= 0.6 is 0 Å². The number of aromatic nitrogens is 2. The number of aromatic amines is 1. The quantitative estimate of drug-likeness (QED) is 0.261. The molecule has 0 bridgehead atoms. The van der Waals surface area contributed by atoms with Gasteiger partial charge in [0.25, 0.3) is 0 Å². The Kier molecular flexibility index (Phi) is 11.7. The molecule has 0 unspecified atom stereocenters. The van der Waals surface area contributed by atoms with Crippen LogP contribution in [-0.4, -0.2) is 124 Å². The van der Waals surface area contributed by atoms with E-state index in [1.165, 1.54) is 0 Å². The number of hydrogen-bond acceptors (Lipinski definition) is 2. The number of furan rings is 2. The summed E-state index contributed by atoms with van der Waals surface area (Å²) in [4.78, 5) is 3.52. The Labute approximate surface area is 434 Å². The fraction of sp³-hybridized carbons (Fsp3) is 0.0185. The van der Waals surface area contributed by atoms with Gasteiger partial charge in [0.05, 0.1) is 0 Å². The predicted octanol–water partition coefficient (Wildman–Crippen LogP) is 0.803. The van der Waals surface area contributed by atoms with E-state index in [2.05, 4.69) is 41.4 Å². The van der Waals surface area contributed by atoms with Crippen LogP contribution in [-0.2, 0) is 0 Å². The van der Waals surface area contributed by atoms with Crippen molar-refractivity contribution in [2.45, 2.75) is 6.92 Å². The van der Waals surface area contributed by atoms with Crippen LogP contribution < -0.4 is 54.6 Å². The average Bonchev–Trinajstić information content (AvgIpc) is 4.16. The number of hydrogen-bond donors (Lipinski definition) is 1. The van der Waals surface area contributed by atoms with E-state index in [0.29, 0.717) is 44.1 Å². The summed E-state index contributed by atoms with van der Waals surface area (Å²) in [6.07, 6.45) is 0. The monoisotopic (exact) mass is 885 g/mol. The zero-order chi connectivity index (χ0) is 50.8. The summed E-state index contributed by atoms with van der Waals surface area (Å²) in [5.74, 6) is 0.209. The topological polar surface area (TPSA) is 47.0 Å². The van der Waals surface area contributed by atoms with Gasteiger partial charge in [0, 0.05) is 38.3 Å². The molecule has 72 heavy (non-hydrogen) atoms. The molecule has 303 valence electrons. The van der Waals surface area contributed by atoms with Crippen molar-refractivity contribution < 1.29 is 8.83 Å². The van der Waals surface area contributed by atoms with Gasteiger partial charge in [0.1, 0.15) is 66.1 Å². The molecule has 0 aliphatic rings. The second kappa shape index (κ2) is 17.8. The Morgan fingerprint density at radius 1 is 0.444 bits per heavy atom. The van der Waals surface area contributed by atoms with Crippen LogP contribution in [0.15, 0.2) is 130 Å². The molecule has 27 radical (unpaired) electrons. The molecule has 4 aromatic heterocycles. The first kappa shape index (κ1) is 47.5. The smallest absolute Gasteiger partial charge is 0.0623 e. The number of nitrogens with zero attached hydrogens (tertiary/aromatic N) is 1. The van der Waals surface area contributed by atoms with Gasteiger partial charge in [-0.05, 0) is 35.4 Å². The standard InChI is InChI=1S/C48H17B14N2O2.C6H6/c1-15-27-28(31(49)35(53)38(56)45(27)65-44(15)41(59)42(60)48(61)62)18-8-11-26-22(14-18)21-13-17(16-6-9-24-20(12-16)19-4-2-3-5-23(19)63-24)7-10-25(21)64(26)43-33(51)30-29-32(50)34(52)36(54)39(57)46(29)66-47(30)40(58)37(43)55;1-2-4-6-5-3-1/h2-14,63H,1H3;1-6H/b42-41-;. The Bertz CT molecular complexity index is 4330. The van der Waals surface area contributed by atoms with Crippen molar-refractivity contribution in [3.8, 4) is 27.9 Å². The fourth-order valence-corrected chi connectivity index (χ4v) is 10.0. The van der Waals surface area contributed by atoms with E-state index in [4.69, 9.17) is 118 Å². The second-order valence-corrected chi connectivity index (χ2v) is 17.8. The van der Waals surface area contributed by atoms with Crippen LogP contribution in [0.4, 0.5) is 0 Å². The van der Waals surface area contributed by atoms with Gasteiger partial charge in [-0.3, -0.25) is 0 Å². The van der Waals surface area contributed by atoms with E-state index < -0.39 is 0 Å². The largest absolute Gasteiger partial charge is 0.0623 e. The van der Waals surface area contributed by atoms with Crippen LogP contribution in [0.5, 0.6) is 0 Å². The Balaban J connectivity index is 0.000000872. The van der Waals surface area contributed by atoms with Crippen LogP contribution in [0.2, 0.25) is 0 Å². The predicted molar refractivity (Wildman–Crippen MR) is 318 cm³/mol. The van der Waals surface area contributed by atoms with Crippen molar-refractivity contribution in [3.63, 3.8) is 0 Å². The van der Waals surface area contributed by atoms with Gasteiger partial charge < -0.3 is 9.40 Å². The van der Waals surface area contributed by atoms with Gasteiger partial charge in [-0.15, -0.1) is 10.9 Å². The number of nitrogens with one attached hydrogen (secondary N) is 1. The second-order valence-electron chi connectivity index (χ2n) is 17.8. The third-order valence-corrected chi connectivity index (χ3v) is 13.7. The molecule has 0 fully saturated rings. The van der Waals surface area contributed by atoms with Crippen LogP contribution in [0.1, 0.15) is 11.3 Å². The van der Waals surface area contributed by atoms with Gasteiger partial charge in [-0.2, -0.15) is 0 Å². The molecule has 0 spiro atoms. The molecule has 4 heterocycles. The first-order chi connectivity index (χ1) is 34.5. The number of aryl methyl sites for hydroxylation is 1. The molecule has 18 heteroatoms. The summed E-state index contributed by atoms with van der Waals surface area (Å²) in [7, 11) is 91.1. The minimum atomic E-state index is -0.174. The normalized spacial score (nSPS) is 12.1. The molecule has 4 nitrogen and oxygen atoms in total. The molecule has 0 saturated carbocycles. The molecule has 0 amide bonds. The number of H-pyrrole nitrogens is 1. The minimum absolute atomic E-state index is 0.0236. The average molecular weight is 883 g/mol. The van der Waals surface area contributed by atoms with Crippen molar-refractivity contribution in [1.82, 2.24) is 9.55 Å². The van der Waals surface area contributed by atoms with Gasteiger partial charge >= 0.3 is 183 Å². The number of fused-ring (bicyclic) bond motifs is 10. The SMILES string of the molecule is [B]C(=[B])/C([B])=C(/[B])c1oc2c([B])c([B])c([B])c(-c3ccc4c(c3)c3cc(-c5ccc6[nH]c7ccccc7c6c5)ccc3n4-c3c([B])c([B])c4oc5c([B])c([B])c([B])c([B])c5c4c3[B])c2c1C.c1ccccc1. The molecular weight excluding hydrogens is 860 g/mol.